The van der Waals surface area contributed by atoms with Gasteiger partial charge in [0.05, 0.1) is 26.0 Å². The summed E-state index contributed by atoms with van der Waals surface area (Å²) in [5.41, 5.74) is -1.31. The van der Waals surface area contributed by atoms with Gasteiger partial charge in [0.1, 0.15) is 11.2 Å². The predicted molar refractivity (Wildman–Crippen MR) is 191 cm³/mol. The first-order chi connectivity index (χ1) is 30.3. The van der Waals surface area contributed by atoms with E-state index in [-0.39, 0.29) is 43.4 Å². The van der Waals surface area contributed by atoms with Gasteiger partial charge in [-0.3, -0.25) is 0 Å². The minimum atomic E-state index is -0.896. The average Bonchev–Trinajstić information content (AvgIpc) is 3.66. The molecule has 0 amide bonds. The second-order valence-corrected chi connectivity index (χ2v) is 10.5. The van der Waals surface area contributed by atoms with Crippen LogP contribution >= 0.6 is 0 Å². The van der Waals surface area contributed by atoms with Crippen LogP contribution in [-0.2, 0) is 0 Å². The first-order valence-electron chi connectivity index (χ1n) is 23.5. The Hall–Kier alpha value is -5.92. The summed E-state index contributed by atoms with van der Waals surface area (Å²) in [7, 11) is 0. The van der Waals surface area contributed by atoms with Crippen molar-refractivity contribution in [3.63, 3.8) is 0 Å². The quantitative estimate of drug-likeness (QED) is 0.187. The van der Waals surface area contributed by atoms with E-state index in [9.17, 15) is 16.4 Å². The Morgan fingerprint density at radius 3 is 1.80 bits per heavy atom. The molecule has 0 saturated heterocycles. The molecule has 0 bridgehead atoms. The molecule has 0 aliphatic rings. The molecule has 208 valence electrons. The van der Waals surface area contributed by atoms with Gasteiger partial charge in [-0.2, -0.15) is 0 Å². The number of rotatable bonds is 3. The monoisotopic (exact) mass is 589 g/mol. The third-order valence-electron chi connectivity index (χ3n) is 8.11. The average molecular weight is 590 g/mol. The standard InChI is InChI=1S/C44H26O/c1-2-9-32-27(7-1)8-5-11-33(32)28-15-17-29(18-16-28)34-23-19-30-22-26-38-35(24-20-31-21-25-37(34)42(30)43(31)38)39-12-6-13-40-36-10-3-4-14-41(36)45-44(39)40/h1-26H/i1D,2D,5D,7D,8D,9D,11D,15D,16D,17D,18D,19D,20D,21D,22D,23D,24D,25D,26D. The predicted octanol–water partition coefficient (Wildman–Crippen LogP) is 12.6. The zero-order chi connectivity index (χ0) is 46.0. The van der Waals surface area contributed by atoms with E-state index in [0.29, 0.717) is 16.6 Å². The lowest BCUT2D eigenvalue weighted by atomic mass is 9.87. The van der Waals surface area contributed by atoms with E-state index in [1.54, 1.807) is 30.3 Å². The topological polar surface area (TPSA) is 13.1 Å². The van der Waals surface area contributed by atoms with Crippen LogP contribution in [-0.4, -0.2) is 0 Å². The molecule has 0 radical (unpaired) electrons. The van der Waals surface area contributed by atoms with Gasteiger partial charge >= 0.3 is 0 Å². The van der Waals surface area contributed by atoms with Crippen LogP contribution in [0.15, 0.2) is 162 Å². The van der Waals surface area contributed by atoms with Gasteiger partial charge in [0.25, 0.3) is 0 Å². The molecule has 10 rings (SSSR count). The first-order valence-corrected chi connectivity index (χ1v) is 14.0. The molecule has 0 fully saturated rings. The molecule has 0 unspecified atom stereocenters. The fourth-order valence-electron chi connectivity index (χ4n) is 6.08. The van der Waals surface area contributed by atoms with Gasteiger partial charge in [0.2, 0.25) is 0 Å². The van der Waals surface area contributed by atoms with Crippen LogP contribution in [0.1, 0.15) is 26.0 Å². The minimum Gasteiger partial charge on any atom is -0.455 e. The maximum atomic E-state index is 9.39. The van der Waals surface area contributed by atoms with Crippen molar-refractivity contribution in [2.45, 2.75) is 0 Å². The Morgan fingerprint density at radius 1 is 0.378 bits per heavy atom. The van der Waals surface area contributed by atoms with E-state index in [1.807, 2.05) is 12.1 Å². The Labute approximate surface area is 286 Å². The van der Waals surface area contributed by atoms with Crippen molar-refractivity contribution >= 4 is 65.0 Å². The molecule has 0 N–H and O–H groups in total. The third kappa shape index (κ3) is 3.56. The van der Waals surface area contributed by atoms with Crippen molar-refractivity contribution in [1.29, 1.82) is 0 Å². The highest BCUT2D eigenvalue weighted by atomic mass is 16.3. The molecule has 9 aromatic carbocycles. The van der Waals surface area contributed by atoms with Crippen LogP contribution in [0.25, 0.3) is 98.4 Å². The summed E-state index contributed by atoms with van der Waals surface area (Å²) in [6, 6.07) is -1.46. The molecule has 0 aliphatic carbocycles. The Kier molecular flexibility index (Phi) is 2.60. The lowest BCUT2D eigenvalue weighted by Gasteiger charge is -2.17. The Balaban J connectivity index is 1.38. The van der Waals surface area contributed by atoms with Gasteiger partial charge in [0.15, 0.2) is 0 Å². The van der Waals surface area contributed by atoms with E-state index < -0.39 is 148 Å². The van der Waals surface area contributed by atoms with Gasteiger partial charge in [0, 0.05) is 16.3 Å². The van der Waals surface area contributed by atoms with Crippen LogP contribution in [0.4, 0.5) is 0 Å². The van der Waals surface area contributed by atoms with Gasteiger partial charge in [-0.05, 0) is 77.0 Å². The highest BCUT2D eigenvalue weighted by molar-refractivity contribution is 6.28. The number of fused-ring (bicyclic) bond motifs is 4. The van der Waals surface area contributed by atoms with E-state index in [2.05, 4.69) is 0 Å². The molecule has 1 aromatic heterocycles. The van der Waals surface area contributed by atoms with Crippen LogP contribution in [0, 0.1) is 0 Å². The molecule has 1 heterocycles. The smallest absolute Gasteiger partial charge is 0.143 e. The van der Waals surface area contributed by atoms with E-state index in [0.717, 1.165) is 5.39 Å². The highest BCUT2D eigenvalue weighted by Crippen LogP contribution is 2.44. The third-order valence-corrected chi connectivity index (χ3v) is 8.11. The second kappa shape index (κ2) is 9.29. The summed E-state index contributed by atoms with van der Waals surface area (Å²) in [4.78, 5) is 0. The lowest BCUT2D eigenvalue weighted by Crippen LogP contribution is -1.90. The number of hydrogen-bond donors (Lipinski definition) is 0. The zero-order valence-electron chi connectivity index (χ0n) is 41.9. The van der Waals surface area contributed by atoms with Gasteiger partial charge in [-0.25, -0.2) is 0 Å². The minimum absolute atomic E-state index is 0.0125. The molecule has 0 saturated carbocycles. The van der Waals surface area contributed by atoms with Gasteiger partial charge in [-0.15, -0.1) is 0 Å². The fraction of sp³-hybridized carbons (Fsp3) is 0. The normalized spacial score (nSPS) is 17.9. The number of furan rings is 1. The maximum absolute atomic E-state index is 9.39. The number of para-hydroxylation sites is 2. The summed E-state index contributed by atoms with van der Waals surface area (Å²) < 4.78 is 178. The summed E-state index contributed by atoms with van der Waals surface area (Å²) in [5, 5.41) is -0.850. The summed E-state index contributed by atoms with van der Waals surface area (Å²) >= 11 is 0. The molecule has 0 aliphatic heterocycles. The SMILES string of the molecule is [2H]c1c([2H])c(-c2c([2H])c([2H])c3c([2H])c([2H])c4c(-c5cccc6c5oc5ccccc56)c([2H])c([2H])c5c([2H])c([2H])c2c3c54)c([2H])c([2H])c1-c1c([2H])c([2H])c([2H])c2c([2H])c([2H])c([2H])c([2H])c12. The van der Waals surface area contributed by atoms with Crippen LogP contribution < -0.4 is 0 Å². The van der Waals surface area contributed by atoms with Crippen molar-refractivity contribution < 1.29 is 30.5 Å². The molecular formula is C44H26O. The van der Waals surface area contributed by atoms with E-state index in [1.165, 1.54) is 0 Å². The molecule has 1 nitrogen and oxygen atoms in total. The Morgan fingerprint density at radius 2 is 1.00 bits per heavy atom. The summed E-state index contributed by atoms with van der Waals surface area (Å²) in [5.74, 6) is 0. The fourth-order valence-corrected chi connectivity index (χ4v) is 6.08. The molecular weight excluding hydrogens is 544 g/mol. The van der Waals surface area contributed by atoms with E-state index >= 15 is 0 Å². The largest absolute Gasteiger partial charge is 0.455 e. The van der Waals surface area contributed by atoms with Crippen molar-refractivity contribution in [2.75, 3.05) is 0 Å². The molecule has 10 aromatic rings. The summed E-state index contributed by atoms with van der Waals surface area (Å²) in [6.45, 7) is 0. The number of benzene rings is 9. The lowest BCUT2D eigenvalue weighted by molar-refractivity contribution is 0.670. The maximum Gasteiger partial charge on any atom is 0.143 e. The van der Waals surface area contributed by atoms with Crippen LogP contribution in [0.2, 0.25) is 0 Å². The van der Waals surface area contributed by atoms with Crippen LogP contribution in [0.3, 0.4) is 0 Å². The van der Waals surface area contributed by atoms with Crippen molar-refractivity contribution in [3.05, 3.63) is 157 Å². The second-order valence-electron chi connectivity index (χ2n) is 10.5. The van der Waals surface area contributed by atoms with Crippen molar-refractivity contribution in [2.24, 2.45) is 0 Å². The summed E-state index contributed by atoms with van der Waals surface area (Å²) in [6.07, 6.45) is 0. The first kappa shape index (κ1) is 12.6. The van der Waals surface area contributed by atoms with Crippen molar-refractivity contribution in [3.8, 4) is 33.4 Å². The molecule has 1 heteroatoms. The Bertz CT molecular complexity index is 3800. The number of hydrogen-bond acceptors (Lipinski definition) is 1. The molecule has 45 heavy (non-hydrogen) atoms. The van der Waals surface area contributed by atoms with E-state index in [4.69, 9.17) is 14.0 Å². The van der Waals surface area contributed by atoms with Gasteiger partial charge < -0.3 is 4.42 Å². The van der Waals surface area contributed by atoms with Gasteiger partial charge in [-0.1, -0.05) is 151 Å². The zero-order valence-corrected chi connectivity index (χ0v) is 22.9. The van der Waals surface area contributed by atoms with Crippen molar-refractivity contribution in [1.82, 2.24) is 0 Å². The van der Waals surface area contributed by atoms with Crippen LogP contribution in [0.5, 0.6) is 0 Å². The highest BCUT2D eigenvalue weighted by Gasteiger charge is 2.18. The molecule has 0 atom stereocenters. The molecule has 0 spiro atoms.